The summed E-state index contributed by atoms with van der Waals surface area (Å²) in [7, 11) is 0. The van der Waals surface area contributed by atoms with E-state index in [0.29, 0.717) is 0 Å². The SMILES string of the molecule is O=C(NCCN1C(=O)[C@@H]2[C@@H](C1=O)[C@H]1C=C[C@H]2CC1)Nc1ncccc1O. The van der Waals surface area contributed by atoms with Gasteiger partial charge in [-0.15, -0.1) is 0 Å². The highest BCUT2D eigenvalue weighted by Crippen LogP contribution is 2.49. The number of aromatic nitrogens is 1. The van der Waals surface area contributed by atoms with E-state index in [1.807, 2.05) is 0 Å². The van der Waals surface area contributed by atoms with Crippen LogP contribution in [0.4, 0.5) is 10.6 Å². The highest BCUT2D eigenvalue weighted by molar-refractivity contribution is 6.06. The van der Waals surface area contributed by atoms with Crippen LogP contribution in [0.2, 0.25) is 0 Å². The van der Waals surface area contributed by atoms with Crippen LogP contribution in [0.15, 0.2) is 30.5 Å². The van der Waals surface area contributed by atoms with Crippen LogP contribution >= 0.6 is 0 Å². The van der Waals surface area contributed by atoms with E-state index >= 15 is 0 Å². The molecule has 5 rings (SSSR count). The van der Waals surface area contributed by atoms with Crippen molar-refractivity contribution in [2.75, 3.05) is 18.4 Å². The number of aromatic hydroxyl groups is 1. The third-order valence-electron chi connectivity index (χ3n) is 5.49. The van der Waals surface area contributed by atoms with Gasteiger partial charge in [0, 0.05) is 19.3 Å². The number of likely N-dealkylation sites (tertiary alicyclic amines) is 1. The Hall–Kier alpha value is -2.90. The van der Waals surface area contributed by atoms with Crippen molar-refractivity contribution in [2.24, 2.45) is 23.7 Å². The maximum atomic E-state index is 12.7. The minimum absolute atomic E-state index is 0.0481. The summed E-state index contributed by atoms with van der Waals surface area (Å²) in [6, 6.07) is 2.40. The smallest absolute Gasteiger partial charge is 0.320 e. The number of anilines is 1. The van der Waals surface area contributed by atoms with Crippen molar-refractivity contribution < 1.29 is 19.5 Å². The van der Waals surface area contributed by atoms with Crippen LogP contribution in [-0.2, 0) is 9.59 Å². The van der Waals surface area contributed by atoms with Crippen LogP contribution in [0.1, 0.15) is 12.8 Å². The maximum absolute atomic E-state index is 12.7. The topological polar surface area (TPSA) is 112 Å². The fourth-order valence-corrected chi connectivity index (χ4v) is 4.28. The van der Waals surface area contributed by atoms with Crippen LogP contribution in [0.3, 0.4) is 0 Å². The molecule has 1 aromatic heterocycles. The van der Waals surface area contributed by atoms with Crippen molar-refractivity contribution in [1.82, 2.24) is 15.2 Å². The van der Waals surface area contributed by atoms with Crippen LogP contribution < -0.4 is 10.6 Å². The molecule has 8 heteroatoms. The molecule has 26 heavy (non-hydrogen) atoms. The molecule has 4 amide bonds. The molecule has 8 nitrogen and oxygen atoms in total. The Kier molecular flexibility index (Phi) is 4.10. The lowest BCUT2D eigenvalue weighted by Crippen LogP contribution is -2.40. The Bertz CT molecular complexity index is 761. The molecule has 136 valence electrons. The van der Waals surface area contributed by atoms with E-state index < -0.39 is 6.03 Å². The second-order valence-electron chi connectivity index (χ2n) is 6.92. The number of pyridine rings is 1. The zero-order valence-corrected chi connectivity index (χ0v) is 14.1. The number of fused-ring (bicyclic) bond motifs is 1. The molecule has 2 bridgehead atoms. The first-order chi connectivity index (χ1) is 12.6. The molecule has 3 N–H and O–H groups in total. The summed E-state index contributed by atoms with van der Waals surface area (Å²) in [5, 5.41) is 14.6. The number of amides is 4. The van der Waals surface area contributed by atoms with Crippen molar-refractivity contribution in [3.8, 4) is 5.75 Å². The zero-order valence-electron chi connectivity index (χ0n) is 14.1. The number of nitrogens with one attached hydrogen (secondary N) is 2. The minimum Gasteiger partial charge on any atom is -0.504 e. The number of imide groups is 1. The van der Waals surface area contributed by atoms with Crippen LogP contribution in [0.25, 0.3) is 0 Å². The number of carbonyl (C=O) groups is 3. The molecule has 1 saturated carbocycles. The summed E-state index contributed by atoms with van der Waals surface area (Å²) >= 11 is 0. The zero-order chi connectivity index (χ0) is 18.3. The van der Waals surface area contributed by atoms with Gasteiger partial charge in [-0.05, 0) is 36.8 Å². The molecular weight excluding hydrogens is 336 g/mol. The number of rotatable bonds is 4. The lowest BCUT2D eigenvalue weighted by molar-refractivity contribution is -0.140. The Morgan fingerprint density at radius 1 is 1.19 bits per heavy atom. The molecular formula is C18H20N4O4. The average Bonchev–Trinajstić information content (AvgIpc) is 2.92. The second kappa shape index (κ2) is 6.44. The van der Waals surface area contributed by atoms with Crippen molar-refractivity contribution in [3.05, 3.63) is 30.5 Å². The van der Waals surface area contributed by atoms with Crippen LogP contribution in [0.5, 0.6) is 5.75 Å². The largest absolute Gasteiger partial charge is 0.504 e. The Balaban J connectivity index is 1.33. The monoisotopic (exact) mass is 356 g/mol. The van der Waals surface area contributed by atoms with Gasteiger partial charge in [0.25, 0.3) is 0 Å². The third-order valence-corrected chi connectivity index (χ3v) is 5.49. The van der Waals surface area contributed by atoms with Gasteiger partial charge in [0.2, 0.25) is 11.8 Å². The minimum atomic E-state index is -0.558. The predicted octanol–water partition coefficient (Wildman–Crippen LogP) is 1.11. The molecule has 1 aromatic rings. The van der Waals surface area contributed by atoms with E-state index in [-0.39, 0.29) is 60.1 Å². The first-order valence-corrected chi connectivity index (χ1v) is 8.78. The lowest BCUT2D eigenvalue weighted by atomic mass is 9.63. The number of urea groups is 1. The first kappa shape index (κ1) is 16.6. The molecule has 2 heterocycles. The van der Waals surface area contributed by atoms with Crippen molar-refractivity contribution in [3.63, 3.8) is 0 Å². The van der Waals surface area contributed by atoms with Gasteiger partial charge in [0.15, 0.2) is 11.6 Å². The standard InChI is InChI=1S/C18H20N4O4/c23-12-2-1-7-19-15(12)21-18(26)20-8-9-22-16(24)13-10-3-4-11(6-5-10)14(13)17(22)25/h1-4,7,10-11,13-14,23H,5-6,8-9H2,(H2,19,20,21,26)/t10-,11-,13-,14-/m0/s1. The maximum Gasteiger partial charge on any atom is 0.320 e. The lowest BCUT2D eigenvalue weighted by Gasteiger charge is -2.38. The van der Waals surface area contributed by atoms with Gasteiger partial charge >= 0.3 is 6.03 Å². The molecule has 0 spiro atoms. The number of carbonyl (C=O) groups excluding carboxylic acids is 3. The molecule has 1 saturated heterocycles. The molecule has 4 atom stereocenters. The van der Waals surface area contributed by atoms with Gasteiger partial charge in [-0.25, -0.2) is 9.78 Å². The highest BCUT2D eigenvalue weighted by Gasteiger charge is 2.56. The van der Waals surface area contributed by atoms with E-state index in [4.69, 9.17) is 0 Å². The third kappa shape index (κ3) is 2.71. The van der Waals surface area contributed by atoms with Crippen molar-refractivity contribution in [1.29, 1.82) is 0 Å². The van der Waals surface area contributed by atoms with Gasteiger partial charge in [0.1, 0.15) is 0 Å². The number of allylic oxidation sites excluding steroid dienone is 2. The Labute approximate surface area is 150 Å². The average molecular weight is 356 g/mol. The van der Waals surface area contributed by atoms with Gasteiger partial charge < -0.3 is 10.4 Å². The molecule has 0 unspecified atom stereocenters. The fourth-order valence-electron chi connectivity index (χ4n) is 4.28. The summed E-state index contributed by atoms with van der Waals surface area (Å²) in [5.74, 6) is -0.473. The van der Waals surface area contributed by atoms with Gasteiger partial charge in [-0.3, -0.25) is 19.8 Å². The summed E-state index contributed by atoms with van der Waals surface area (Å²) in [6.07, 6.45) is 7.53. The van der Waals surface area contributed by atoms with E-state index in [9.17, 15) is 19.5 Å². The number of hydrogen-bond donors (Lipinski definition) is 3. The van der Waals surface area contributed by atoms with Crippen LogP contribution in [0, 0.1) is 23.7 Å². The van der Waals surface area contributed by atoms with E-state index in [0.717, 1.165) is 12.8 Å². The van der Waals surface area contributed by atoms with Gasteiger partial charge in [-0.1, -0.05) is 12.2 Å². The summed E-state index contributed by atoms with van der Waals surface area (Å²) in [4.78, 5) is 42.3. The first-order valence-electron chi connectivity index (χ1n) is 8.78. The Morgan fingerprint density at radius 2 is 1.85 bits per heavy atom. The summed E-state index contributed by atoms with van der Waals surface area (Å²) in [5.41, 5.74) is 0. The molecule has 4 aliphatic rings. The van der Waals surface area contributed by atoms with Gasteiger partial charge in [0.05, 0.1) is 11.8 Å². The number of nitrogens with zero attached hydrogens (tertiary/aromatic N) is 2. The van der Waals surface area contributed by atoms with E-state index in [1.165, 1.54) is 17.2 Å². The highest BCUT2D eigenvalue weighted by atomic mass is 16.3. The molecule has 1 aliphatic heterocycles. The van der Waals surface area contributed by atoms with Crippen molar-refractivity contribution >= 4 is 23.7 Å². The van der Waals surface area contributed by atoms with E-state index in [2.05, 4.69) is 27.8 Å². The summed E-state index contributed by atoms with van der Waals surface area (Å²) in [6.45, 7) is 0.283. The number of hydrogen-bond acceptors (Lipinski definition) is 5. The molecule has 3 aliphatic carbocycles. The second-order valence-corrected chi connectivity index (χ2v) is 6.92. The fraction of sp³-hybridized carbons (Fsp3) is 0.444. The predicted molar refractivity (Wildman–Crippen MR) is 92.0 cm³/mol. The van der Waals surface area contributed by atoms with Crippen molar-refractivity contribution in [2.45, 2.75) is 12.8 Å². The Morgan fingerprint density at radius 3 is 2.42 bits per heavy atom. The van der Waals surface area contributed by atoms with E-state index in [1.54, 1.807) is 6.07 Å². The molecule has 0 aromatic carbocycles. The quantitative estimate of drug-likeness (QED) is 0.553. The summed E-state index contributed by atoms with van der Waals surface area (Å²) < 4.78 is 0. The molecule has 0 radical (unpaired) electrons. The van der Waals surface area contributed by atoms with Crippen LogP contribution in [-0.4, -0.2) is 45.9 Å². The molecule has 2 fully saturated rings. The van der Waals surface area contributed by atoms with Gasteiger partial charge in [-0.2, -0.15) is 0 Å². The normalized spacial score (nSPS) is 29.0.